The molecule has 2 unspecified atom stereocenters. The van der Waals surface area contributed by atoms with Crippen molar-refractivity contribution < 1.29 is 9.59 Å². The Labute approximate surface area is 137 Å². The highest BCUT2D eigenvalue weighted by molar-refractivity contribution is 5.89. The van der Waals surface area contributed by atoms with Gasteiger partial charge in [-0.05, 0) is 25.3 Å². The molecular formula is C18H25N3O2. The first-order valence-corrected chi connectivity index (χ1v) is 8.45. The number of hydrogen-bond donors (Lipinski definition) is 1. The summed E-state index contributed by atoms with van der Waals surface area (Å²) in [6, 6.07) is 10.2. The molecule has 0 radical (unpaired) electrons. The highest BCUT2D eigenvalue weighted by Crippen LogP contribution is 2.29. The Hall–Kier alpha value is -1.88. The van der Waals surface area contributed by atoms with Gasteiger partial charge in [-0.25, -0.2) is 0 Å². The van der Waals surface area contributed by atoms with Gasteiger partial charge in [-0.15, -0.1) is 0 Å². The van der Waals surface area contributed by atoms with Crippen molar-refractivity contribution in [2.75, 3.05) is 19.6 Å². The molecule has 2 saturated heterocycles. The Balaban J connectivity index is 1.64. The van der Waals surface area contributed by atoms with Gasteiger partial charge in [0, 0.05) is 32.1 Å². The number of carbonyl (C=O) groups is 2. The maximum atomic E-state index is 12.7. The van der Waals surface area contributed by atoms with Gasteiger partial charge in [0.2, 0.25) is 11.8 Å². The molecule has 2 N–H and O–H groups in total. The molecule has 2 fully saturated rings. The lowest BCUT2D eigenvalue weighted by molar-refractivity contribution is -0.136. The van der Waals surface area contributed by atoms with Crippen molar-refractivity contribution in [3.8, 4) is 0 Å². The van der Waals surface area contributed by atoms with Gasteiger partial charge >= 0.3 is 0 Å². The Bertz CT molecular complexity index is 567. The minimum atomic E-state index is -0.206. The van der Waals surface area contributed by atoms with Crippen molar-refractivity contribution in [1.29, 1.82) is 0 Å². The number of piperidine rings is 1. The molecule has 2 atom stereocenters. The van der Waals surface area contributed by atoms with Gasteiger partial charge in [-0.2, -0.15) is 0 Å². The van der Waals surface area contributed by atoms with Gasteiger partial charge in [0.25, 0.3) is 0 Å². The van der Waals surface area contributed by atoms with Crippen LogP contribution in [0.15, 0.2) is 30.3 Å². The molecule has 0 saturated carbocycles. The number of rotatable bonds is 3. The van der Waals surface area contributed by atoms with E-state index in [-0.39, 0.29) is 29.8 Å². The first-order valence-electron chi connectivity index (χ1n) is 8.45. The van der Waals surface area contributed by atoms with Gasteiger partial charge < -0.3 is 15.5 Å². The zero-order valence-electron chi connectivity index (χ0n) is 13.6. The Morgan fingerprint density at radius 3 is 2.52 bits per heavy atom. The largest absolute Gasteiger partial charge is 0.342 e. The lowest BCUT2D eigenvalue weighted by atomic mass is 10.0. The summed E-state index contributed by atoms with van der Waals surface area (Å²) in [6.07, 6.45) is 2.05. The Morgan fingerprint density at radius 1 is 1.22 bits per heavy atom. The fraction of sp³-hybridized carbons (Fsp3) is 0.556. The zero-order chi connectivity index (χ0) is 16.4. The molecule has 0 spiro atoms. The van der Waals surface area contributed by atoms with Crippen LogP contribution in [0.5, 0.6) is 0 Å². The van der Waals surface area contributed by atoms with E-state index in [4.69, 9.17) is 5.73 Å². The highest BCUT2D eigenvalue weighted by Gasteiger charge is 2.39. The number of amides is 2. The number of nitrogens with zero attached hydrogens (tertiary/aromatic N) is 2. The van der Waals surface area contributed by atoms with E-state index in [1.165, 1.54) is 0 Å². The zero-order valence-corrected chi connectivity index (χ0v) is 13.6. The van der Waals surface area contributed by atoms with Crippen molar-refractivity contribution >= 4 is 11.8 Å². The molecule has 1 aromatic rings. The van der Waals surface area contributed by atoms with Crippen LogP contribution in [0.3, 0.4) is 0 Å². The van der Waals surface area contributed by atoms with E-state index >= 15 is 0 Å². The third-order valence-corrected chi connectivity index (χ3v) is 5.11. The standard InChI is InChI=1S/C18H25N3O2/c1-13(14-5-3-2-4-6-14)21-12-15(11-17(21)22)18(23)20-9-7-16(19)8-10-20/h2-6,13,15-16H,7-12,19H2,1H3. The average Bonchev–Trinajstić information content (AvgIpc) is 2.97. The molecule has 1 aromatic carbocycles. The summed E-state index contributed by atoms with van der Waals surface area (Å²) in [7, 11) is 0. The van der Waals surface area contributed by atoms with E-state index in [0.717, 1.165) is 31.5 Å². The van der Waals surface area contributed by atoms with Crippen LogP contribution in [-0.4, -0.2) is 47.3 Å². The number of carbonyl (C=O) groups excluding carboxylic acids is 2. The van der Waals surface area contributed by atoms with Crippen LogP contribution in [0.2, 0.25) is 0 Å². The monoisotopic (exact) mass is 315 g/mol. The van der Waals surface area contributed by atoms with E-state index in [9.17, 15) is 9.59 Å². The highest BCUT2D eigenvalue weighted by atomic mass is 16.2. The molecule has 124 valence electrons. The summed E-state index contributed by atoms with van der Waals surface area (Å²) in [4.78, 5) is 28.8. The number of likely N-dealkylation sites (tertiary alicyclic amines) is 2. The van der Waals surface area contributed by atoms with Crippen LogP contribution in [-0.2, 0) is 9.59 Å². The van der Waals surface area contributed by atoms with Gasteiger partial charge in [-0.3, -0.25) is 9.59 Å². The smallest absolute Gasteiger partial charge is 0.227 e. The van der Waals surface area contributed by atoms with Crippen molar-refractivity contribution in [2.24, 2.45) is 11.7 Å². The van der Waals surface area contributed by atoms with Gasteiger partial charge in [-0.1, -0.05) is 30.3 Å². The van der Waals surface area contributed by atoms with Crippen LogP contribution in [0, 0.1) is 5.92 Å². The summed E-state index contributed by atoms with van der Waals surface area (Å²) in [5.41, 5.74) is 7.01. The van der Waals surface area contributed by atoms with Gasteiger partial charge in [0.1, 0.15) is 0 Å². The van der Waals surface area contributed by atoms with Crippen LogP contribution in [0.25, 0.3) is 0 Å². The second kappa shape index (κ2) is 6.71. The second-order valence-corrected chi connectivity index (χ2v) is 6.70. The number of nitrogens with two attached hydrogens (primary N) is 1. The van der Waals surface area contributed by atoms with Crippen LogP contribution < -0.4 is 5.73 Å². The Morgan fingerprint density at radius 2 is 1.87 bits per heavy atom. The molecule has 2 aliphatic heterocycles. The first kappa shape index (κ1) is 16.0. The van der Waals surface area contributed by atoms with Crippen LogP contribution >= 0.6 is 0 Å². The van der Waals surface area contributed by atoms with E-state index in [1.807, 2.05) is 47.1 Å². The molecule has 3 rings (SSSR count). The maximum Gasteiger partial charge on any atom is 0.227 e. The van der Waals surface area contributed by atoms with Gasteiger partial charge in [0.15, 0.2) is 0 Å². The molecule has 0 bridgehead atoms. The third-order valence-electron chi connectivity index (χ3n) is 5.11. The van der Waals surface area contributed by atoms with Gasteiger partial charge in [0.05, 0.1) is 12.0 Å². The van der Waals surface area contributed by atoms with E-state index in [1.54, 1.807) is 0 Å². The fourth-order valence-electron chi connectivity index (χ4n) is 3.56. The Kier molecular flexibility index (Phi) is 4.66. The fourth-order valence-corrected chi connectivity index (χ4v) is 3.56. The molecule has 5 heteroatoms. The molecule has 0 aliphatic carbocycles. The summed E-state index contributed by atoms with van der Waals surface area (Å²) in [5, 5.41) is 0. The third kappa shape index (κ3) is 3.39. The summed E-state index contributed by atoms with van der Waals surface area (Å²) < 4.78 is 0. The molecule has 2 aliphatic rings. The summed E-state index contributed by atoms with van der Waals surface area (Å²) in [5.74, 6) is -0.00980. The minimum Gasteiger partial charge on any atom is -0.342 e. The lowest BCUT2D eigenvalue weighted by Gasteiger charge is -2.32. The normalized spacial score (nSPS) is 24.1. The second-order valence-electron chi connectivity index (χ2n) is 6.70. The molecule has 23 heavy (non-hydrogen) atoms. The topological polar surface area (TPSA) is 66.6 Å². The minimum absolute atomic E-state index is 0.0104. The lowest BCUT2D eigenvalue weighted by Crippen LogP contribution is -2.45. The molecule has 5 nitrogen and oxygen atoms in total. The van der Waals surface area contributed by atoms with Crippen molar-refractivity contribution in [2.45, 2.75) is 38.3 Å². The van der Waals surface area contributed by atoms with Crippen molar-refractivity contribution in [3.63, 3.8) is 0 Å². The van der Waals surface area contributed by atoms with E-state index in [2.05, 4.69) is 0 Å². The molecule has 2 amide bonds. The summed E-state index contributed by atoms with van der Waals surface area (Å²) >= 11 is 0. The summed E-state index contributed by atoms with van der Waals surface area (Å²) in [6.45, 7) is 3.99. The van der Waals surface area contributed by atoms with Crippen LogP contribution in [0.4, 0.5) is 0 Å². The van der Waals surface area contributed by atoms with Crippen molar-refractivity contribution in [1.82, 2.24) is 9.80 Å². The number of hydrogen-bond acceptors (Lipinski definition) is 3. The average molecular weight is 315 g/mol. The molecule has 2 heterocycles. The van der Waals surface area contributed by atoms with E-state index < -0.39 is 0 Å². The molecular weight excluding hydrogens is 290 g/mol. The predicted octanol–water partition coefficient (Wildman–Crippen LogP) is 1.55. The predicted molar refractivity (Wildman–Crippen MR) is 88.5 cm³/mol. The van der Waals surface area contributed by atoms with Crippen LogP contribution in [0.1, 0.15) is 37.8 Å². The van der Waals surface area contributed by atoms with Crippen molar-refractivity contribution in [3.05, 3.63) is 35.9 Å². The quantitative estimate of drug-likeness (QED) is 0.920. The number of benzene rings is 1. The first-order chi connectivity index (χ1) is 11.1. The van der Waals surface area contributed by atoms with E-state index in [0.29, 0.717) is 13.0 Å². The maximum absolute atomic E-state index is 12.7. The molecule has 0 aromatic heterocycles. The SMILES string of the molecule is CC(c1ccccc1)N1CC(C(=O)N2CCC(N)CC2)CC1=O.